The zero-order valence-electron chi connectivity index (χ0n) is 16.8. The number of carbonyl (C=O) groups is 1. The lowest BCUT2D eigenvalue weighted by Gasteiger charge is -2.05. The lowest BCUT2D eigenvalue weighted by atomic mass is 10.00. The molecular formula is C23H18F2N6O. The van der Waals surface area contributed by atoms with Gasteiger partial charge in [0.1, 0.15) is 29.5 Å². The number of rotatable bonds is 4. The number of anilines is 1. The van der Waals surface area contributed by atoms with Gasteiger partial charge in [-0.05, 0) is 42.8 Å². The lowest BCUT2D eigenvalue weighted by Crippen LogP contribution is -2.05. The summed E-state index contributed by atoms with van der Waals surface area (Å²) < 4.78 is 30.2. The summed E-state index contributed by atoms with van der Waals surface area (Å²) in [6.07, 6.45) is 4.07. The minimum absolute atomic E-state index is 0.101. The van der Waals surface area contributed by atoms with Crippen molar-refractivity contribution in [2.24, 2.45) is 0 Å². The molecule has 0 saturated carbocycles. The molecule has 160 valence electrons. The van der Waals surface area contributed by atoms with Gasteiger partial charge in [0.15, 0.2) is 11.4 Å². The van der Waals surface area contributed by atoms with Crippen LogP contribution in [0.4, 0.5) is 14.6 Å². The van der Waals surface area contributed by atoms with Crippen LogP contribution in [0, 0.1) is 11.6 Å². The number of benzene rings is 2. The van der Waals surface area contributed by atoms with E-state index in [0.717, 1.165) is 37.2 Å². The van der Waals surface area contributed by atoms with Crippen LogP contribution in [0.5, 0.6) is 0 Å². The van der Waals surface area contributed by atoms with Crippen LogP contribution in [-0.2, 0) is 0 Å². The van der Waals surface area contributed by atoms with Crippen LogP contribution in [0.2, 0.25) is 0 Å². The highest BCUT2D eigenvalue weighted by atomic mass is 19.1. The van der Waals surface area contributed by atoms with Gasteiger partial charge in [-0.15, -0.1) is 0 Å². The molecule has 1 fully saturated rings. The van der Waals surface area contributed by atoms with Gasteiger partial charge < -0.3 is 11.1 Å². The summed E-state index contributed by atoms with van der Waals surface area (Å²) in [7, 11) is 0. The van der Waals surface area contributed by atoms with E-state index in [9.17, 15) is 9.18 Å². The molecule has 0 radical (unpaired) electrons. The number of aromatic nitrogens is 4. The number of fused-ring (bicyclic) bond motifs is 1. The summed E-state index contributed by atoms with van der Waals surface area (Å²) in [6, 6.07) is 9.34. The normalized spacial score (nSPS) is 15.0. The van der Waals surface area contributed by atoms with E-state index in [1.807, 2.05) is 6.20 Å². The van der Waals surface area contributed by atoms with Gasteiger partial charge in [0.25, 0.3) is 0 Å². The Bertz CT molecular complexity index is 1390. The second-order valence-corrected chi connectivity index (χ2v) is 7.50. The topological polar surface area (TPSA) is 98.7 Å². The van der Waals surface area contributed by atoms with Gasteiger partial charge in [-0.1, -0.05) is 18.2 Å². The third-order valence-electron chi connectivity index (χ3n) is 5.37. The Kier molecular flexibility index (Phi) is 4.95. The van der Waals surface area contributed by atoms with E-state index in [0.29, 0.717) is 11.0 Å². The molecule has 1 saturated heterocycles. The van der Waals surface area contributed by atoms with Crippen LogP contribution in [-0.4, -0.2) is 38.6 Å². The summed E-state index contributed by atoms with van der Waals surface area (Å²) in [5, 5.41) is 8.22. The number of nitrogens with one attached hydrogen (secondary N) is 1. The van der Waals surface area contributed by atoms with Crippen molar-refractivity contribution in [3.63, 3.8) is 0 Å². The molecule has 2 aromatic carbocycles. The first-order chi connectivity index (χ1) is 15.5. The van der Waals surface area contributed by atoms with E-state index in [-0.39, 0.29) is 28.2 Å². The summed E-state index contributed by atoms with van der Waals surface area (Å²) >= 11 is 0. The van der Waals surface area contributed by atoms with Crippen LogP contribution in [0.1, 0.15) is 22.3 Å². The molecule has 2 aromatic heterocycles. The molecule has 7 nitrogen and oxygen atoms in total. The molecule has 3 heterocycles. The van der Waals surface area contributed by atoms with Gasteiger partial charge in [0.05, 0.1) is 5.39 Å². The molecule has 1 aliphatic rings. The number of hydrogen-bond acceptors (Lipinski definition) is 6. The van der Waals surface area contributed by atoms with Crippen molar-refractivity contribution in [3.05, 3.63) is 77.1 Å². The average molecular weight is 432 g/mol. The molecule has 0 aliphatic carbocycles. The maximum atomic E-state index is 15.2. The van der Waals surface area contributed by atoms with Crippen molar-refractivity contribution >= 4 is 28.8 Å². The maximum Gasteiger partial charge on any atom is 0.193 e. The summed E-state index contributed by atoms with van der Waals surface area (Å²) in [5.74, 6) is -1.49. The summed E-state index contributed by atoms with van der Waals surface area (Å²) in [6.45, 7) is 1.62. The van der Waals surface area contributed by atoms with Gasteiger partial charge in [0, 0.05) is 29.4 Å². The Hall–Kier alpha value is -3.98. The standard InChI is InChI=1S/C23H18F2N6O/c24-16-3-1-2-14(8-16)21(32)15-4-5-17(18(25)9-15)20-19-22(26)28-12-29-23(19)31(30-20)11-13-6-7-27-10-13/h1-5,8-9,11-12,27H,6-7,10H2,(H2,26,28,29)/b13-11+. The third kappa shape index (κ3) is 3.52. The van der Waals surface area contributed by atoms with Crippen molar-refractivity contribution in [1.29, 1.82) is 0 Å². The molecule has 0 bridgehead atoms. The van der Waals surface area contributed by atoms with Crippen molar-refractivity contribution in [2.75, 3.05) is 18.8 Å². The predicted octanol–water partition coefficient (Wildman–Crippen LogP) is 3.42. The predicted molar refractivity (Wildman–Crippen MR) is 117 cm³/mol. The zero-order valence-corrected chi connectivity index (χ0v) is 16.8. The Morgan fingerprint density at radius 3 is 2.72 bits per heavy atom. The number of nitrogen functional groups attached to an aromatic ring is 1. The second-order valence-electron chi connectivity index (χ2n) is 7.50. The quantitative estimate of drug-likeness (QED) is 0.480. The Morgan fingerprint density at radius 2 is 1.97 bits per heavy atom. The smallest absolute Gasteiger partial charge is 0.193 e. The van der Waals surface area contributed by atoms with Crippen molar-refractivity contribution < 1.29 is 13.6 Å². The van der Waals surface area contributed by atoms with E-state index < -0.39 is 17.4 Å². The zero-order chi connectivity index (χ0) is 22.2. The Morgan fingerprint density at radius 1 is 1.12 bits per heavy atom. The van der Waals surface area contributed by atoms with Gasteiger partial charge in [0.2, 0.25) is 0 Å². The number of halogens is 2. The first-order valence-electron chi connectivity index (χ1n) is 10.0. The highest BCUT2D eigenvalue weighted by molar-refractivity contribution is 6.09. The number of carbonyl (C=O) groups excluding carboxylic acids is 1. The molecule has 0 amide bonds. The molecule has 0 spiro atoms. The van der Waals surface area contributed by atoms with Crippen LogP contribution < -0.4 is 11.1 Å². The fourth-order valence-corrected chi connectivity index (χ4v) is 3.79. The van der Waals surface area contributed by atoms with E-state index in [2.05, 4.69) is 20.4 Å². The van der Waals surface area contributed by atoms with Crippen molar-refractivity contribution in [2.45, 2.75) is 6.42 Å². The first-order valence-corrected chi connectivity index (χ1v) is 10.0. The van der Waals surface area contributed by atoms with E-state index in [1.54, 1.807) is 4.68 Å². The van der Waals surface area contributed by atoms with Crippen LogP contribution in [0.3, 0.4) is 0 Å². The summed E-state index contributed by atoms with van der Waals surface area (Å²) in [5.41, 5.74) is 8.37. The fraction of sp³-hybridized carbons (Fsp3) is 0.130. The molecule has 5 rings (SSSR count). The van der Waals surface area contributed by atoms with E-state index in [4.69, 9.17) is 5.73 Å². The molecule has 0 unspecified atom stereocenters. The van der Waals surface area contributed by atoms with Crippen LogP contribution in [0.25, 0.3) is 28.5 Å². The molecule has 9 heteroatoms. The fourth-order valence-electron chi connectivity index (χ4n) is 3.79. The first kappa shape index (κ1) is 20.0. The Labute approximate surface area is 181 Å². The molecule has 4 aromatic rings. The molecule has 1 aliphatic heterocycles. The highest BCUT2D eigenvalue weighted by Gasteiger charge is 2.21. The largest absolute Gasteiger partial charge is 0.383 e. The molecule has 32 heavy (non-hydrogen) atoms. The number of hydrogen-bond donors (Lipinski definition) is 2. The molecule has 0 atom stereocenters. The van der Waals surface area contributed by atoms with Gasteiger partial charge in [-0.2, -0.15) is 5.10 Å². The number of nitrogens with zero attached hydrogens (tertiary/aromatic N) is 4. The Balaban J connectivity index is 1.60. The number of ketones is 1. The van der Waals surface area contributed by atoms with E-state index >= 15 is 4.39 Å². The van der Waals surface area contributed by atoms with Gasteiger partial charge in [-0.25, -0.2) is 23.4 Å². The average Bonchev–Trinajstić information content (AvgIpc) is 3.42. The van der Waals surface area contributed by atoms with Crippen molar-refractivity contribution in [3.8, 4) is 11.3 Å². The van der Waals surface area contributed by atoms with Crippen LogP contribution >= 0.6 is 0 Å². The van der Waals surface area contributed by atoms with Gasteiger partial charge >= 0.3 is 0 Å². The lowest BCUT2D eigenvalue weighted by molar-refractivity contribution is 0.103. The van der Waals surface area contributed by atoms with E-state index in [1.165, 1.54) is 36.7 Å². The maximum absolute atomic E-state index is 15.2. The number of nitrogens with two attached hydrogens (primary N) is 1. The van der Waals surface area contributed by atoms with Crippen LogP contribution in [0.15, 0.2) is 54.4 Å². The second kappa shape index (κ2) is 7.93. The molecular weight excluding hydrogens is 414 g/mol. The highest BCUT2D eigenvalue weighted by Crippen LogP contribution is 2.33. The van der Waals surface area contributed by atoms with Crippen molar-refractivity contribution in [1.82, 2.24) is 25.1 Å². The van der Waals surface area contributed by atoms with Gasteiger partial charge in [-0.3, -0.25) is 4.79 Å². The minimum atomic E-state index is -0.655. The summed E-state index contributed by atoms with van der Waals surface area (Å²) in [4.78, 5) is 21.0. The molecule has 3 N–H and O–H groups in total. The monoisotopic (exact) mass is 432 g/mol. The minimum Gasteiger partial charge on any atom is -0.383 e. The third-order valence-corrected chi connectivity index (χ3v) is 5.37. The SMILES string of the molecule is Nc1ncnc2c1c(-c1ccc(C(=O)c3cccc(F)c3)cc1F)nn2/C=C1\CCNC1.